The molecule has 0 heterocycles. The molecule has 3 nitrogen and oxygen atoms in total. The summed E-state index contributed by atoms with van der Waals surface area (Å²) in [4.78, 5) is 11.6. The Bertz CT molecular complexity index is 600. The van der Waals surface area contributed by atoms with Gasteiger partial charge in [-0.2, -0.15) is 0 Å². The lowest BCUT2D eigenvalue weighted by Crippen LogP contribution is -2.20. The van der Waals surface area contributed by atoms with Gasteiger partial charge in [0.2, 0.25) is 0 Å². The van der Waals surface area contributed by atoms with E-state index in [1.165, 1.54) is 5.56 Å². The fourth-order valence-electron chi connectivity index (χ4n) is 1.97. The fourth-order valence-corrected chi connectivity index (χ4v) is 1.97. The molecule has 2 aromatic rings. The monoisotopic (exact) mass is 298 g/mol. The molecule has 1 atom stereocenters. The van der Waals surface area contributed by atoms with Gasteiger partial charge in [0.25, 0.3) is 0 Å². The Hall–Kier alpha value is -2.29. The molecule has 1 unspecified atom stereocenters. The van der Waals surface area contributed by atoms with Crippen LogP contribution < -0.4 is 4.74 Å². The fraction of sp³-hybridized carbons (Fsp3) is 0.316. The molecule has 0 aromatic heterocycles. The van der Waals surface area contributed by atoms with Crippen molar-refractivity contribution in [2.24, 2.45) is 0 Å². The van der Waals surface area contributed by atoms with E-state index in [9.17, 15) is 4.79 Å². The first-order valence-corrected chi connectivity index (χ1v) is 7.58. The molecule has 0 aliphatic rings. The van der Waals surface area contributed by atoms with E-state index in [1.54, 1.807) is 0 Å². The summed E-state index contributed by atoms with van der Waals surface area (Å²) in [6, 6.07) is 16.1. The number of carbonyl (C=O) groups excluding carboxylic acids is 1. The molecular formula is C19H22O3. The molecule has 0 aliphatic carbocycles. The molecule has 0 N–H and O–H groups in total. The van der Waals surface area contributed by atoms with Crippen LogP contribution in [0.3, 0.4) is 0 Å². The predicted octanol–water partition coefficient (Wildman–Crippen LogP) is 4.38. The standard InChI is InChI=1S/C19H22O3/c1-4-15(3)22-19(20)13-21-18-11-9-17(10-12-18)16-7-5-14(2)6-8-16/h5-12,15H,4,13H2,1-3H3. The first-order chi connectivity index (χ1) is 10.6. The molecule has 0 saturated heterocycles. The van der Waals surface area contributed by atoms with Gasteiger partial charge in [-0.25, -0.2) is 4.79 Å². The van der Waals surface area contributed by atoms with Crippen LogP contribution >= 0.6 is 0 Å². The number of hydrogen-bond donors (Lipinski definition) is 0. The summed E-state index contributed by atoms with van der Waals surface area (Å²) in [5, 5.41) is 0. The van der Waals surface area contributed by atoms with Crippen molar-refractivity contribution in [1.82, 2.24) is 0 Å². The minimum Gasteiger partial charge on any atom is -0.482 e. The van der Waals surface area contributed by atoms with Crippen LogP contribution in [0, 0.1) is 6.92 Å². The van der Waals surface area contributed by atoms with Crippen LogP contribution in [0.25, 0.3) is 11.1 Å². The van der Waals surface area contributed by atoms with Gasteiger partial charge in [-0.15, -0.1) is 0 Å². The zero-order chi connectivity index (χ0) is 15.9. The molecule has 3 heteroatoms. The van der Waals surface area contributed by atoms with E-state index in [0.717, 1.165) is 17.5 Å². The van der Waals surface area contributed by atoms with E-state index in [1.807, 2.05) is 38.1 Å². The third-order valence-electron chi connectivity index (χ3n) is 3.50. The SMILES string of the molecule is CCC(C)OC(=O)COc1ccc(-c2ccc(C)cc2)cc1. The van der Waals surface area contributed by atoms with Gasteiger partial charge >= 0.3 is 5.97 Å². The summed E-state index contributed by atoms with van der Waals surface area (Å²) in [6.07, 6.45) is 0.733. The Balaban J connectivity index is 1.92. The molecule has 0 saturated carbocycles. The number of carbonyl (C=O) groups is 1. The topological polar surface area (TPSA) is 35.5 Å². The maximum Gasteiger partial charge on any atom is 0.344 e. The minimum absolute atomic E-state index is 0.0613. The van der Waals surface area contributed by atoms with Gasteiger partial charge in [0, 0.05) is 0 Å². The van der Waals surface area contributed by atoms with Crippen molar-refractivity contribution < 1.29 is 14.3 Å². The van der Waals surface area contributed by atoms with Crippen LogP contribution in [0.1, 0.15) is 25.8 Å². The highest BCUT2D eigenvalue weighted by Crippen LogP contribution is 2.22. The maximum atomic E-state index is 11.6. The van der Waals surface area contributed by atoms with E-state index in [0.29, 0.717) is 5.75 Å². The summed E-state index contributed by atoms with van der Waals surface area (Å²) in [5.41, 5.74) is 3.52. The van der Waals surface area contributed by atoms with Crippen molar-refractivity contribution in [3.8, 4) is 16.9 Å². The summed E-state index contributed by atoms with van der Waals surface area (Å²) in [7, 11) is 0. The van der Waals surface area contributed by atoms with Crippen LogP contribution in [-0.4, -0.2) is 18.7 Å². The molecule has 116 valence electrons. The normalized spacial score (nSPS) is 11.8. The highest BCUT2D eigenvalue weighted by atomic mass is 16.6. The Morgan fingerprint density at radius 3 is 2.09 bits per heavy atom. The lowest BCUT2D eigenvalue weighted by molar-refractivity contribution is -0.150. The second-order valence-corrected chi connectivity index (χ2v) is 5.39. The Morgan fingerprint density at radius 2 is 1.55 bits per heavy atom. The number of esters is 1. The Kier molecular flexibility index (Phi) is 5.59. The van der Waals surface area contributed by atoms with Gasteiger partial charge in [0.05, 0.1) is 6.10 Å². The van der Waals surface area contributed by atoms with Crippen molar-refractivity contribution in [3.05, 3.63) is 54.1 Å². The number of benzene rings is 2. The molecular weight excluding hydrogens is 276 g/mol. The average Bonchev–Trinajstić information content (AvgIpc) is 2.54. The van der Waals surface area contributed by atoms with E-state index in [4.69, 9.17) is 9.47 Å². The van der Waals surface area contributed by atoms with Gasteiger partial charge in [0.1, 0.15) is 5.75 Å². The van der Waals surface area contributed by atoms with E-state index >= 15 is 0 Å². The van der Waals surface area contributed by atoms with Crippen molar-refractivity contribution in [2.75, 3.05) is 6.61 Å². The first kappa shape index (κ1) is 16.1. The Morgan fingerprint density at radius 1 is 1.00 bits per heavy atom. The molecule has 22 heavy (non-hydrogen) atoms. The van der Waals surface area contributed by atoms with Crippen LogP contribution in [0.4, 0.5) is 0 Å². The smallest absolute Gasteiger partial charge is 0.344 e. The summed E-state index contributed by atoms with van der Waals surface area (Å²) in [5.74, 6) is 0.328. The number of hydrogen-bond acceptors (Lipinski definition) is 3. The van der Waals surface area contributed by atoms with Gasteiger partial charge in [-0.3, -0.25) is 0 Å². The largest absolute Gasteiger partial charge is 0.482 e. The molecule has 0 spiro atoms. The van der Waals surface area contributed by atoms with Gasteiger partial charge < -0.3 is 9.47 Å². The van der Waals surface area contributed by atoms with E-state index in [-0.39, 0.29) is 18.7 Å². The van der Waals surface area contributed by atoms with Crippen molar-refractivity contribution >= 4 is 5.97 Å². The number of rotatable bonds is 6. The highest BCUT2D eigenvalue weighted by Gasteiger charge is 2.08. The minimum atomic E-state index is -0.336. The number of aryl methyl sites for hydroxylation is 1. The van der Waals surface area contributed by atoms with Crippen LogP contribution in [-0.2, 0) is 9.53 Å². The predicted molar refractivity (Wildman–Crippen MR) is 88.0 cm³/mol. The van der Waals surface area contributed by atoms with Gasteiger partial charge in [-0.1, -0.05) is 48.9 Å². The molecule has 2 aromatic carbocycles. The third kappa shape index (κ3) is 4.62. The van der Waals surface area contributed by atoms with Gasteiger partial charge in [0.15, 0.2) is 6.61 Å². The van der Waals surface area contributed by atoms with Crippen LogP contribution in [0.2, 0.25) is 0 Å². The maximum absolute atomic E-state index is 11.6. The summed E-state index contributed by atoms with van der Waals surface area (Å²) >= 11 is 0. The zero-order valence-corrected chi connectivity index (χ0v) is 13.3. The van der Waals surface area contributed by atoms with Crippen molar-refractivity contribution in [1.29, 1.82) is 0 Å². The average molecular weight is 298 g/mol. The lowest BCUT2D eigenvalue weighted by atomic mass is 10.0. The molecule has 0 fully saturated rings. The third-order valence-corrected chi connectivity index (χ3v) is 3.50. The molecule has 0 radical (unpaired) electrons. The second-order valence-electron chi connectivity index (χ2n) is 5.39. The van der Waals surface area contributed by atoms with Crippen LogP contribution in [0.15, 0.2) is 48.5 Å². The highest BCUT2D eigenvalue weighted by molar-refractivity contribution is 5.71. The molecule has 0 aliphatic heterocycles. The summed E-state index contributed by atoms with van der Waals surface area (Å²) < 4.78 is 10.6. The quantitative estimate of drug-likeness (QED) is 0.742. The first-order valence-electron chi connectivity index (χ1n) is 7.58. The van der Waals surface area contributed by atoms with Crippen molar-refractivity contribution in [2.45, 2.75) is 33.3 Å². The number of ether oxygens (including phenoxy) is 2. The Labute approximate surface area is 131 Å². The molecule has 0 bridgehead atoms. The lowest BCUT2D eigenvalue weighted by Gasteiger charge is -2.11. The van der Waals surface area contributed by atoms with Crippen LogP contribution in [0.5, 0.6) is 5.75 Å². The second kappa shape index (κ2) is 7.64. The summed E-state index contributed by atoms with van der Waals surface area (Å²) in [6.45, 7) is 5.85. The zero-order valence-electron chi connectivity index (χ0n) is 13.3. The van der Waals surface area contributed by atoms with Crippen molar-refractivity contribution in [3.63, 3.8) is 0 Å². The molecule has 0 amide bonds. The van der Waals surface area contributed by atoms with E-state index < -0.39 is 0 Å². The molecule has 2 rings (SSSR count). The van der Waals surface area contributed by atoms with E-state index in [2.05, 4.69) is 31.2 Å². The van der Waals surface area contributed by atoms with Gasteiger partial charge in [-0.05, 0) is 43.5 Å².